The van der Waals surface area contributed by atoms with E-state index in [9.17, 15) is 5.11 Å². The van der Waals surface area contributed by atoms with Crippen LogP contribution in [0.5, 0.6) is 5.88 Å². The highest BCUT2D eigenvalue weighted by Crippen LogP contribution is 2.53. The van der Waals surface area contributed by atoms with Gasteiger partial charge in [0.25, 0.3) is 0 Å². The van der Waals surface area contributed by atoms with Crippen molar-refractivity contribution in [3.05, 3.63) is 64.0 Å². The molecule has 0 amide bonds. The van der Waals surface area contributed by atoms with Crippen LogP contribution in [0.15, 0.2) is 42.6 Å². The van der Waals surface area contributed by atoms with E-state index in [1.807, 2.05) is 6.07 Å². The molecular formula is C23H25Cl2N5O2. The Hall–Kier alpha value is -2.35. The van der Waals surface area contributed by atoms with Crippen LogP contribution in [0, 0.1) is 0 Å². The van der Waals surface area contributed by atoms with Crippen molar-refractivity contribution >= 4 is 29.2 Å². The third kappa shape index (κ3) is 4.05. The number of halogens is 2. The van der Waals surface area contributed by atoms with E-state index in [0.29, 0.717) is 22.5 Å². The normalized spacial score (nSPS) is 18.0. The maximum absolute atomic E-state index is 9.75. The van der Waals surface area contributed by atoms with Crippen LogP contribution in [0.3, 0.4) is 0 Å². The van der Waals surface area contributed by atoms with Gasteiger partial charge in [0.05, 0.1) is 23.6 Å². The van der Waals surface area contributed by atoms with Crippen LogP contribution < -0.4 is 9.64 Å². The Morgan fingerprint density at radius 1 is 1.09 bits per heavy atom. The summed E-state index contributed by atoms with van der Waals surface area (Å²) in [6, 6.07) is 12.1. The van der Waals surface area contributed by atoms with Crippen molar-refractivity contribution in [1.29, 1.82) is 0 Å². The number of aliphatic hydroxyl groups excluding tert-OH is 1. The molecule has 0 spiro atoms. The van der Waals surface area contributed by atoms with Crippen LogP contribution in [0.4, 0.5) is 5.95 Å². The summed E-state index contributed by atoms with van der Waals surface area (Å²) in [5, 5.41) is 19.8. The quantitative estimate of drug-likeness (QED) is 0.556. The number of piperidine rings is 1. The van der Waals surface area contributed by atoms with Gasteiger partial charge >= 0.3 is 0 Å². The number of aromatic nitrogens is 4. The summed E-state index contributed by atoms with van der Waals surface area (Å²) < 4.78 is 8.12. The van der Waals surface area contributed by atoms with Crippen LogP contribution in [-0.4, -0.2) is 50.7 Å². The fourth-order valence-electron chi connectivity index (χ4n) is 4.53. The molecule has 3 aromatic rings. The highest BCUT2D eigenvalue weighted by atomic mass is 35.5. The predicted molar refractivity (Wildman–Crippen MR) is 124 cm³/mol. The molecule has 168 valence electrons. The van der Waals surface area contributed by atoms with E-state index in [1.54, 1.807) is 6.07 Å². The Bertz CT molecular complexity index is 1080. The molecule has 2 fully saturated rings. The highest BCUT2D eigenvalue weighted by molar-refractivity contribution is 6.35. The van der Waals surface area contributed by atoms with Crippen LogP contribution in [-0.2, 0) is 12.0 Å². The number of anilines is 1. The smallest absolute Gasteiger partial charge is 0.232 e. The molecule has 3 heterocycles. The molecule has 1 saturated carbocycles. The summed E-state index contributed by atoms with van der Waals surface area (Å²) in [6.45, 7) is 2.08. The summed E-state index contributed by atoms with van der Waals surface area (Å²) >= 11 is 12.1. The number of nitrogens with zero attached hydrogens (tertiary/aromatic N) is 5. The number of ether oxygens (including phenoxy) is 1. The van der Waals surface area contributed by atoms with Gasteiger partial charge in [0.2, 0.25) is 11.8 Å². The molecule has 1 N–H and O–H groups in total. The van der Waals surface area contributed by atoms with Gasteiger partial charge in [0.15, 0.2) is 0 Å². The SMILES string of the molecule is OCCn1c(N2CCC(Oc3ncc(Cl)cc3Cl)CC2)nnc1C1(c2ccccc2)CC1. The Morgan fingerprint density at radius 3 is 2.50 bits per heavy atom. The summed E-state index contributed by atoms with van der Waals surface area (Å²) in [6.07, 6.45) is 5.27. The van der Waals surface area contributed by atoms with Gasteiger partial charge in [-0.1, -0.05) is 53.5 Å². The monoisotopic (exact) mass is 473 g/mol. The minimum atomic E-state index is -0.0971. The number of rotatable bonds is 7. The zero-order valence-electron chi connectivity index (χ0n) is 17.6. The van der Waals surface area contributed by atoms with E-state index in [1.165, 1.54) is 11.8 Å². The number of pyridine rings is 1. The summed E-state index contributed by atoms with van der Waals surface area (Å²) in [5.74, 6) is 2.18. The Labute approximate surface area is 197 Å². The molecule has 0 radical (unpaired) electrons. The first-order chi connectivity index (χ1) is 15.6. The third-order valence-corrected chi connectivity index (χ3v) is 6.81. The van der Waals surface area contributed by atoms with Gasteiger partial charge in [-0.25, -0.2) is 4.98 Å². The fraction of sp³-hybridized carbons (Fsp3) is 0.435. The van der Waals surface area contributed by atoms with Crippen molar-refractivity contribution < 1.29 is 9.84 Å². The topological polar surface area (TPSA) is 76.3 Å². The fourth-order valence-corrected chi connectivity index (χ4v) is 4.96. The van der Waals surface area contributed by atoms with Crippen LogP contribution >= 0.6 is 23.2 Å². The molecule has 32 heavy (non-hydrogen) atoms. The van der Waals surface area contributed by atoms with Crippen LogP contribution in [0.1, 0.15) is 37.1 Å². The van der Waals surface area contributed by atoms with Gasteiger partial charge in [-0.15, -0.1) is 10.2 Å². The number of hydrogen-bond donors (Lipinski definition) is 1. The van der Waals surface area contributed by atoms with Crippen molar-refractivity contribution in [2.45, 2.75) is 43.7 Å². The molecule has 0 unspecified atom stereocenters. The number of benzene rings is 1. The molecule has 1 aliphatic carbocycles. The molecule has 1 saturated heterocycles. The van der Waals surface area contributed by atoms with E-state index < -0.39 is 0 Å². The highest BCUT2D eigenvalue weighted by Gasteiger charge is 2.50. The second-order valence-electron chi connectivity index (χ2n) is 8.39. The van der Waals surface area contributed by atoms with Crippen molar-refractivity contribution in [2.75, 3.05) is 24.6 Å². The Balaban J connectivity index is 1.32. The van der Waals surface area contributed by atoms with E-state index in [2.05, 4.69) is 48.9 Å². The molecule has 5 rings (SSSR count). The largest absolute Gasteiger partial charge is 0.473 e. The summed E-state index contributed by atoms with van der Waals surface area (Å²) in [7, 11) is 0. The molecule has 1 aliphatic heterocycles. The lowest BCUT2D eigenvalue weighted by Crippen LogP contribution is -2.40. The van der Waals surface area contributed by atoms with E-state index in [-0.39, 0.29) is 18.1 Å². The molecule has 0 atom stereocenters. The third-order valence-electron chi connectivity index (χ3n) is 6.34. The molecule has 9 heteroatoms. The predicted octanol–water partition coefficient (Wildman–Crippen LogP) is 4.10. The van der Waals surface area contributed by atoms with E-state index in [4.69, 9.17) is 27.9 Å². The standard InChI is InChI=1S/C23H25Cl2N5O2/c24-17-14-19(25)20(26-15-17)32-18-6-10-29(11-7-18)22-28-27-21(30(22)12-13-31)23(8-9-23)16-4-2-1-3-5-16/h1-5,14-15,18,31H,6-13H2. The van der Waals surface area contributed by atoms with Crippen molar-refractivity contribution in [3.8, 4) is 5.88 Å². The minimum Gasteiger partial charge on any atom is -0.473 e. The molecule has 2 aromatic heterocycles. The number of aliphatic hydroxyl groups is 1. The molecule has 2 aliphatic rings. The molecule has 0 bridgehead atoms. The lowest BCUT2D eigenvalue weighted by atomic mass is 9.95. The van der Waals surface area contributed by atoms with Crippen molar-refractivity contribution in [3.63, 3.8) is 0 Å². The zero-order chi connectivity index (χ0) is 22.1. The van der Waals surface area contributed by atoms with Gasteiger partial charge < -0.3 is 14.7 Å². The lowest BCUT2D eigenvalue weighted by Gasteiger charge is -2.33. The summed E-state index contributed by atoms with van der Waals surface area (Å²) in [5.41, 5.74) is 1.16. The Morgan fingerprint density at radius 2 is 1.84 bits per heavy atom. The maximum atomic E-state index is 9.75. The van der Waals surface area contributed by atoms with Crippen LogP contribution in [0.2, 0.25) is 10.0 Å². The second kappa shape index (κ2) is 8.89. The number of hydrogen-bond acceptors (Lipinski definition) is 6. The minimum absolute atomic E-state index is 0.0187. The first-order valence-corrected chi connectivity index (χ1v) is 11.7. The second-order valence-corrected chi connectivity index (χ2v) is 9.24. The zero-order valence-corrected chi connectivity index (χ0v) is 19.1. The molecule has 1 aromatic carbocycles. The maximum Gasteiger partial charge on any atom is 0.232 e. The first-order valence-electron chi connectivity index (χ1n) is 10.9. The summed E-state index contributed by atoms with van der Waals surface area (Å²) in [4.78, 5) is 6.43. The Kier molecular flexibility index (Phi) is 5.97. The van der Waals surface area contributed by atoms with Crippen molar-refractivity contribution in [2.24, 2.45) is 0 Å². The average Bonchev–Trinajstić information content (AvgIpc) is 3.51. The van der Waals surface area contributed by atoms with Crippen molar-refractivity contribution in [1.82, 2.24) is 19.7 Å². The molecular weight excluding hydrogens is 449 g/mol. The van der Waals surface area contributed by atoms with Gasteiger partial charge in [-0.3, -0.25) is 4.57 Å². The van der Waals surface area contributed by atoms with Gasteiger partial charge in [0.1, 0.15) is 17.0 Å². The first kappa shape index (κ1) is 21.5. The van der Waals surface area contributed by atoms with Gasteiger partial charge in [0, 0.05) is 32.1 Å². The lowest BCUT2D eigenvalue weighted by molar-refractivity contribution is 0.163. The molecule has 7 nitrogen and oxygen atoms in total. The van der Waals surface area contributed by atoms with Crippen LogP contribution in [0.25, 0.3) is 0 Å². The average molecular weight is 474 g/mol. The van der Waals surface area contributed by atoms with Gasteiger partial charge in [-0.05, 0) is 24.5 Å². The van der Waals surface area contributed by atoms with Gasteiger partial charge in [-0.2, -0.15) is 0 Å². The van der Waals surface area contributed by atoms with E-state index in [0.717, 1.165) is 50.5 Å². The van der Waals surface area contributed by atoms with E-state index >= 15 is 0 Å².